The lowest BCUT2D eigenvalue weighted by molar-refractivity contribution is -0.142. The normalized spacial score (nSPS) is 15.1. The fourth-order valence-corrected chi connectivity index (χ4v) is 3.44. The summed E-state index contributed by atoms with van der Waals surface area (Å²) in [6.45, 7) is 1.25. The van der Waals surface area contributed by atoms with Crippen molar-refractivity contribution in [2.45, 2.75) is 50.0 Å². The van der Waals surface area contributed by atoms with Crippen LogP contribution in [0.2, 0.25) is 0 Å². The number of aliphatic carboxylic acids is 1. The summed E-state index contributed by atoms with van der Waals surface area (Å²) in [5.74, 6) is -3.88. The standard InChI is InChI=1S/C22H30N6O7S/c1-11(29)18(21(33)27-17(9-36)22(34)35)28-20(32)16(7-13-8-24-10-25-13)26-19(31)15(23)6-12-2-4-14(30)5-3-12/h2-5,8,10-11,15-18,29-30,36H,6-7,9,23H2,1H3,(H,24,25)(H,26,31)(H,27,33)(H,28,32)(H,34,35). The van der Waals surface area contributed by atoms with E-state index in [9.17, 15) is 29.4 Å². The number of aliphatic hydroxyl groups is 1. The molecule has 9 N–H and O–H groups in total. The van der Waals surface area contributed by atoms with Crippen molar-refractivity contribution < 1.29 is 34.5 Å². The summed E-state index contributed by atoms with van der Waals surface area (Å²) in [5.41, 5.74) is 7.20. The van der Waals surface area contributed by atoms with Crippen molar-refractivity contribution in [3.05, 3.63) is 48.0 Å². The van der Waals surface area contributed by atoms with Crippen LogP contribution in [0.15, 0.2) is 36.8 Å². The molecule has 2 rings (SSSR count). The Labute approximate surface area is 212 Å². The molecular formula is C22H30N6O7S. The molecule has 0 aliphatic rings. The van der Waals surface area contributed by atoms with Crippen molar-refractivity contribution in [3.8, 4) is 5.75 Å². The maximum absolute atomic E-state index is 13.1. The first kappa shape index (κ1) is 28.6. The third-order valence-corrected chi connectivity index (χ3v) is 5.57. The number of benzene rings is 1. The molecule has 0 spiro atoms. The minimum atomic E-state index is -1.51. The van der Waals surface area contributed by atoms with Crippen molar-refractivity contribution in [2.24, 2.45) is 5.73 Å². The predicted molar refractivity (Wildman–Crippen MR) is 131 cm³/mol. The molecule has 0 fully saturated rings. The number of aromatic amines is 1. The SMILES string of the molecule is CC(O)C(NC(=O)C(Cc1cnc[nH]1)NC(=O)C(N)Cc1ccc(O)cc1)C(=O)NC(CS)C(=O)O. The zero-order valence-corrected chi connectivity index (χ0v) is 20.3. The van der Waals surface area contributed by atoms with Crippen LogP contribution in [0, 0.1) is 0 Å². The maximum atomic E-state index is 13.1. The van der Waals surface area contributed by atoms with E-state index in [2.05, 4.69) is 38.5 Å². The Hall–Kier alpha value is -3.62. The Balaban J connectivity index is 2.14. The number of carbonyl (C=O) groups is 4. The number of H-pyrrole nitrogens is 1. The van der Waals surface area contributed by atoms with Gasteiger partial charge < -0.3 is 42.0 Å². The topological polar surface area (TPSA) is 220 Å². The first-order chi connectivity index (χ1) is 17.0. The third-order valence-electron chi connectivity index (χ3n) is 5.20. The van der Waals surface area contributed by atoms with Gasteiger partial charge in [0.1, 0.15) is 23.9 Å². The van der Waals surface area contributed by atoms with Gasteiger partial charge in [-0.3, -0.25) is 14.4 Å². The van der Waals surface area contributed by atoms with Crippen LogP contribution in [-0.2, 0) is 32.0 Å². The number of carboxylic acid groups (broad SMARTS) is 1. The number of hydrogen-bond acceptors (Lipinski definition) is 9. The third kappa shape index (κ3) is 8.55. The van der Waals surface area contributed by atoms with Crippen LogP contribution in [0.25, 0.3) is 0 Å². The Bertz CT molecular complexity index is 1030. The summed E-state index contributed by atoms with van der Waals surface area (Å²) < 4.78 is 0. The number of rotatable bonds is 13. The van der Waals surface area contributed by atoms with E-state index in [1.54, 1.807) is 12.1 Å². The average Bonchev–Trinajstić information content (AvgIpc) is 3.34. The van der Waals surface area contributed by atoms with E-state index >= 15 is 0 Å². The lowest BCUT2D eigenvalue weighted by atomic mass is 10.0. The highest BCUT2D eigenvalue weighted by Crippen LogP contribution is 2.11. The van der Waals surface area contributed by atoms with E-state index in [4.69, 9.17) is 10.8 Å². The number of nitrogens with one attached hydrogen (secondary N) is 4. The number of aliphatic hydroxyl groups excluding tert-OH is 1. The highest BCUT2D eigenvalue weighted by atomic mass is 32.1. The van der Waals surface area contributed by atoms with Crippen LogP contribution in [0.4, 0.5) is 0 Å². The van der Waals surface area contributed by atoms with E-state index in [1.807, 2.05) is 0 Å². The lowest BCUT2D eigenvalue weighted by Crippen LogP contribution is -2.60. The second-order valence-corrected chi connectivity index (χ2v) is 8.49. The van der Waals surface area contributed by atoms with E-state index in [0.717, 1.165) is 0 Å². The van der Waals surface area contributed by atoms with E-state index in [1.165, 1.54) is 31.6 Å². The number of aromatic nitrogens is 2. The van der Waals surface area contributed by atoms with Gasteiger partial charge in [-0.2, -0.15) is 12.6 Å². The van der Waals surface area contributed by atoms with Crippen molar-refractivity contribution in [2.75, 3.05) is 5.75 Å². The molecule has 36 heavy (non-hydrogen) atoms. The largest absolute Gasteiger partial charge is 0.508 e. The maximum Gasteiger partial charge on any atom is 0.327 e. The number of carboxylic acids is 1. The first-order valence-corrected chi connectivity index (χ1v) is 11.6. The van der Waals surface area contributed by atoms with Gasteiger partial charge in [0.2, 0.25) is 17.7 Å². The number of amides is 3. The van der Waals surface area contributed by atoms with Gasteiger partial charge in [0, 0.05) is 24.1 Å². The zero-order valence-electron chi connectivity index (χ0n) is 19.4. The summed E-state index contributed by atoms with van der Waals surface area (Å²) in [4.78, 5) is 56.3. The van der Waals surface area contributed by atoms with Gasteiger partial charge in [-0.1, -0.05) is 12.1 Å². The smallest absolute Gasteiger partial charge is 0.327 e. The molecule has 14 heteroatoms. The molecule has 5 atom stereocenters. The predicted octanol–water partition coefficient (Wildman–Crippen LogP) is -1.92. The van der Waals surface area contributed by atoms with Gasteiger partial charge in [-0.25, -0.2) is 9.78 Å². The van der Waals surface area contributed by atoms with E-state index < -0.39 is 54.0 Å². The van der Waals surface area contributed by atoms with Crippen LogP contribution >= 0.6 is 12.6 Å². The molecule has 0 radical (unpaired) electrons. The summed E-state index contributed by atoms with van der Waals surface area (Å²) in [6, 6.07) is 1.04. The number of aromatic hydroxyl groups is 1. The quantitative estimate of drug-likeness (QED) is 0.134. The summed E-state index contributed by atoms with van der Waals surface area (Å²) in [7, 11) is 0. The lowest BCUT2D eigenvalue weighted by Gasteiger charge is -2.26. The number of phenolic OH excluding ortho intramolecular Hbond substituents is 1. The highest BCUT2D eigenvalue weighted by molar-refractivity contribution is 7.80. The highest BCUT2D eigenvalue weighted by Gasteiger charge is 2.32. The zero-order chi connectivity index (χ0) is 26.8. The van der Waals surface area contributed by atoms with Crippen molar-refractivity contribution in [1.82, 2.24) is 25.9 Å². The molecule has 3 amide bonds. The van der Waals surface area contributed by atoms with Crippen LogP contribution in [0.3, 0.4) is 0 Å². The van der Waals surface area contributed by atoms with E-state index in [0.29, 0.717) is 11.3 Å². The van der Waals surface area contributed by atoms with Crippen molar-refractivity contribution in [3.63, 3.8) is 0 Å². The van der Waals surface area contributed by atoms with Gasteiger partial charge in [-0.15, -0.1) is 0 Å². The molecule has 0 saturated heterocycles. The number of nitrogens with zero attached hydrogens (tertiary/aromatic N) is 1. The van der Waals surface area contributed by atoms with Gasteiger partial charge >= 0.3 is 5.97 Å². The van der Waals surface area contributed by atoms with Gasteiger partial charge in [-0.05, 0) is 31.0 Å². The molecule has 1 aromatic heterocycles. The van der Waals surface area contributed by atoms with Crippen molar-refractivity contribution >= 4 is 36.3 Å². The second-order valence-electron chi connectivity index (χ2n) is 8.13. The second kappa shape index (κ2) is 13.5. The molecular weight excluding hydrogens is 492 g/mol. The molecule has 0 aliphatic carbocycles. The minimum Gasteiger partial charge on any atom is -0.508 e. The number of hydrogen-bond donors (Lipinski definition) is 9. The fourth-order valence-electron chi connectivity index (χ4n) is 3.19. The Kier molecular flexibility index (Phi) is 10.7. The summed E-state index contributed by atoms with van der Waals surface area (Å²) in [5, 5.41) is 35.7. The number of nitrogens with two attached hydrogens (primary N) is 1. The molecule has 0 saturated carbocycles. The van der Waals surface area contributed by atoms with Crippen LogP contribution in [0.1, 0.15) is 18.2 Å². The van der Waals surface area contributed by atoms with Gasteiger partial charge in [0.05, 0.1) is 18.5 Å². The van der Waals surface area contributed by atoms with Crippen LogP contribution in [-0.4, -0.2) is 85.0 Å². The van der Waals surface area contributed by atoms with Crippen molar-refractivity contribution in [1.29, 1.82) is 0 Å². The number of phenols is 1. The monoisotopic (exact) mass is 522 g/mol. The fraction of sp³-hybridized carbons (Fsp3) is 0.409. The summed E-state index contributed by atoms with van der Waals surface area (Å²) in [6.07, 6.45) is 1.54. The van der Waals surface area contributed by atoms with Crippen LogP contribution < -0.4 is 21.7 Å². The molecule has 5 unspecified atom stereocenters. The Morgan fingerprint density at radius 2 is 1.67 bits per heavy atom. The molecule has 2 aromatic rings. The first-order valence-electron chi connectivity index (χ1n) is 10.9. The Morgan fingerprint density at radius 3 is 2.19 bits per heavy atom. The van der Waals surface area contributed by atoms with Crippen LogP contribution in [0.5, 0.6) is 5.75 Å². The minimum absolute atomic E-state index is 0.0357. The number of imidazole rings is 1. The number of thiol groups is 1. The molecule has 0 bridgehead atoms. The van der Waals surface area contributed by atoms with Gasteiger partial charge in [0.15, 0.2) is 0 Å². The average molecular weight is 523 g/mol. The molecule has 1 aromatic carbocycles. The molecule has 0 aliphatic heterocycles. The molecule has 1 heterocycles. The number of carbonyl (C=O) groups excluding carboxylic acids is 3. The van der Waals surface area contributed by atoms with E-state index in [-0.39, 0.29) is 24.3 Å². The Morgan fingerprint density at radius 1 is 1.03 bits per heavy atom. The van der Waals surface area contributed by atoms with Gasteiger partial charge in [0.25, 0.3) is 0 Å². The summed E-state index contributed by atoms with van der Waals surface area (Å²) >= 11 is 3.87. The molecule has 13 nitrogen and oxygen atoms in total. The molecule has 196 valence electrons.